The summed E-state index contributed by atoms with van der Waals surface area (Å²) < 4.78 is 17.9. The van der Waals surface area contributed by atoms with Crippen LogP contribution in [0.1, 0.15) is 5.82 Å². The number of benzene rings is 3. The lowest BCUT2D eigenvalue weighted by Crippen LogP contribution is -2.29. The number of aromatic nitrogens is 3. The molecule has 0 aliphatic rings. The number of rotatable bonds is 12. The molecule has 2 amide bonds. The zero-order chi connectivity index (χ0) is 28.5. The molecule has 0 unspecified atom stereocenters. The monoisotopic (exact) mass is 601 g/mol. The Morgan fingerprint density at radius 2 is 1.70 bits per heavy atom. The second kappa shape index (κ2) is 13.9. The maximum atomic E-state index is 12.6. The Hall–Kier alpha value is -3.93. The summed E-state index contributed by atoms with van der Waals surface area (Å²) in [6, 6.07) is 19.1. The Labute approximate surface area is 244 Å². The third-order valence-corrected chi connectivity index (χ3v) is 6.89. The Balaban J connectivity index is 1.45. The molecule has 208 valence electrons. The largest absolute Gasteiger partial charge is 0.497 e. The molecule has 13 heteroatoms. The molecule has 10 nitrogen and oxygen atoms in total. The van der Waals surface area contributed by atoms with Gasteiger partial charge in [-0.1, -0.05) is 47.1 Å². The van der Waals surface area contributed by atoms with Crippen molar-refractivity contribution in [3.63, 3.8) is 0 Å². The van der Waals surface area contributed by atoms with Crippen molar-refractivity contribution in [3.8, 4) is 22.9 Å². The third kappa shape index (κ3) is 7.59. The van der Waals surface area contributed by atoms with Crippen molar-refractivity contribution < 1.29 is 23.8 Å². The maximum absolute atomic E-state index is 12.6. The Morgan fingerprint density at radius 1 is 0.925 bits per heavy atom. The van der Waals surface area contributed by atoms with Gasteiger partial charge in [0.15, 0.2) is 17.6 Å². The lowest BCUT2D eigenvalue weighted by molar-refractivity contribution is -0.123. The summed E-state index contributed by atoms with van der Waals surface area (Å²) in [7, 11) is 3.13. The molecule has 0 bridgehead atoms. The molecule has 0 saturated carbocycles. The molecule has 0 aliphatic carbocycles. The van der Waals surface area contributed by atoms with Gasteiger partial charge in [-0.3, -0.25) is 14.2 Å². The van der Waals surface area contributed by atoms with Gasteiger partial charge in [0, 0.05) is 10.7 Å². The molecule has 4 aromatic rings. The Bertz CT molecular complexity index is 1480. The molecule has 4 rings (SSSR count). The zero-order valence-corrected chi connectivity index (χ0v) is 23.8. The van der Waals surface area contributed by atoms with Gasteiger partial charge < -0.3 is 24.8 Å². The third-order valence-electron chi connectivity index (χ3n) is 5.43. The number of ether oxygens (including phenoxy) is 3. The van der Waals surface area contributed by atoms with Crippen LogP contribution in [0.5, 0.6) is 17.2 Å². The van der Waals surface area contributed by atoms with Crippen LogP contribution in [0.15, 0.2) is 71.9 Å². The van der Waals surface area contributed by atoms with Gasteiger partial charge in [0.25, 0.3) is 5.91 Å². The van der Waals surface area contributed by atoms with E-state index >= 15 is 0 Å². The number of thioether (sulfide) groups is 1. The number of halogens is 2. The van der Waals surface area contributed by atoms with Crippen LogP contribution in [0.4, 0.5) is 5.69 Å². The molecule has 1 aromatic heterocycles. The second-order valence-corrected chi connectivity index (χ2v) is 9.90. The molecule has 0 atom stereocenters. The smallest absolute Gasteiger partial charge is 0.258 e. The van der Waals surface area contributed by atoms with E-state index in [-0.39, 0.29) is 24.8 Å². The number of nitrogens with one attached hydrogen (secondary N) is 2. The summed E-state index contributed by atoms with van der Waals surface area (Å²) >= 11 is 13.2. The second-order valence-electron chi connectivity index (χ2n) is 8.11. The van der Waals surface area contributed by atoms with Gasteiger partial charge in [0.05, 0.1) is 37.2 Å². The average Bonchev–Trinajstić information content (AvgIpc) is 3.37. The highest BCUT2D eigenvalue weighted by Gasteiger charge is 2.19. The van der Waals surface area contributed by atoms with E-state index in [1.807, 2.05) is 18.2 Å². The first-order valence-electron chi connectivity index (χ1n) is 11.9. The summed E-state index contributed by atoms with van der Waals surface area (Å²) in [4.78, 5) is 25.2. The lowest BCUT2D eigenvalue weighted by atomic mass is 10.3. The van der Waals surface area contributed by atoms with Crippen LogP contribution in [0.2, 0.25) is 10.0 Å². The quantitative estimate of drug-likeness (QED) is 0.217. The van der Waals surface area contributed by atoms with Crippen molar-refractivity contribution in [3.05, 3.63) is 82.6 Å². The van der Waals surface area contributed by atoms with Crippen molar-refractivity contribution >= 4 is 52.5 Å². The van der Waals surface area contributed by atoms with Gasteiger partial charge >= 0.3 is 0 Å². The Kier molecular flexibility index (Phi) is 10.1. The number of carbonyl (C=O) groups is 2. The van der Waals surface area contributed by atoms with E-state index in [2.05, 4.69) is 20.8 Å². The summed E-state index contributed by atoms with van der Waals surface area (Å²) in [6.07, 6.45) is 0. The van der Waals surface area contributed by atoms with Crippen LogP contribution in [0.25, 0.3) is 5.69 Å². The predicted octanol–water partition coefficient (Wildman–Crippen LogP) is 5.02. The minimum absolute atomic E-state index is 0.0419. The van der Waals surface area contributed by atoms with Crippen molar-refractivity contribution in [2.24, 2.45) is 0 Å². The maximum Gasteiger partial charge on any atom is 0.258 e. The molecular weight excluding hydrogens is 577 g/mol. The molecule has 0 spiro atoms. The number of hydrogen-bond acceptors (Lipinski definition) is 8. The van der Waals surface area contributed by atoms with Gasteiger partial charge in [-0.15, -0.1) is 10.2 Å². The van der Waals surface area contributed by atoms with Gasteiger partial charge in [0.1, 0.15) is 17.2 Å². The van der Waals surface area contributed by atoms with Crippen molar-refractivity contribution in [2.75, 3.05) is 31.9 Å². The number of nitrogens with zero attached hydrogens (tertiary/aromatic N) is 3. The van der Waals surface area contributed by atoms with E-state index < -0.39 is 5.91 Å². The number of amides is 2. The number of methoxy groups -OCH3 is 2. The molecule has 2 N–H and O–H groups in total. The predicted molar refractivity (Wildman–Crippen MR) is 154 cm³/mol. The van der Waals surface area contributed by atoms with Crippen LogP contribution < -0.4 is 24.8 Å². The van der Waals surface area contributed by atoms with E-state index in [4.69, 9.17) is 37.4 Å². The standard InChI is InChI=1S/C27H25Cl2N5O5S/c1-37-19-10-8-18(9-11-19)31-26(36)16-40-27-33-32-24(34(27)21-5-3-4-6-23(21)38-2)14-30-25(35)15-39-22-12-7-17(28)13-20(22)29/h3-13H,14-16H2,1-2H3,(H,30,35)(H,31,36). The van der Waals surface area contributed by atoms with Crippen LogP contribution in [0.3, 0.4) is 0 Å². The highest BCUT2D eigenvalue weighted by atomic mass is 35.5. The van der Waals surface area contributed by atoms with Crippen molar-refractivity contribution in [1.82, 2.24) is 20.1 Å². The fourth-order valence-electron chi connectivity index (χ4n) is 3.53. The van der Waals surface area contributed by atoms with E-state index in [0.29, 0.717) is 49.6 Å². The van der Waals surface area contributed by atoms with E-state index in [9.17, 15) is 9.59 Å². The first-order chi connectivity index (χ1) is 19.4. The molecule has 3 aromatic carbocycles. The van der Waals surface area contributed by atoms with Crippen molar-refractivity contribution in [1.29, 1.82) is 0 Å². The van der Waals surface area contributed by atoms with Gasteiger partial charge in [-0.2, -0.15) is 0 Å². The normalized spacial score (nSPS) is 10.6. The molecular formula is C27H25Cl2N5O5S. The van der Waals surface area contributed by atoms with E-state index in [1.165, 1.54) is 17.8 Å². The fraction of sp³-hybridized carbons (Fsp3) is 0.185. The van der Waals surface area contributed by atoms with Crippen LogP contribution in [-0.4, -0.2) is 53.2 Å². The Morgan fingerprint density at radius 3 is 2.42 bits per heavy atom. The van der Waals surface area contributed by atoms with E-state index in [1.54, 1.807) is 61.3 Å². The number of anilines is 1. The van der Waals surface area contributed by atoms with Gasteiger partial charge in [-0.05, 0) is 54.6 Å². The molecule has 0 fully saturated rings. The highest BCUT2D eigenvalue weighted by Crippen LogP contribution is 2.29. The minimum Gasteiger partial charge on any atom is -0.497 e. The molecule has 40 heavy (non-hydrogen) atoms. The number of hydrogen-bond donors (Lipinski definition) is 2. The highest BCUT2D eigenvalue weighted by molar-refractivity contribution is 7.99. The summed E-state index contributed by atoms with van der Waals surface area (Å²) in [5.41, 5.74) is 1.30. The average molecular weight is 603 g/mol. The summed E-state index contributed by atoms with van der Waals surface area (Å²) in [5.74, 6) is 1.48. The SMILES string of the molecule is COc1ccc(NC(=O)CSc2nnc(CNC(=O)COc3ccc(Cl)cc3Cl)n2-c2ccccc2OC)cc1. The molecule has 0 saturated heterocycles. The molecule has 0 aliphatic heterocycles. The summed E-state index contributed by atoms with van der Waals surface area (Å²) in [6.45, 7) is -0.225. The molecule has 1 heterocycles. The van der Waals surface area contributed by atoms with Crippen molar-refractivity contribution in [2.45, 2.75) is 11.7 Å². The lowest BCUT2D eigenvalue weighted by Gasteiger charge is -2.14. The number of para-hydroxylation sites is 2. The number of carbonyl (C=O) groups excluding carboxylic acids is 2. The van der Waals surface area contributed by atoms with Gasteiger partial charge in [0.2, 0.25) is 5.91 Å². The minimum atomic E-state index is -0.395. The van der Waals surface area contributed by atoms with Crippen LogP contribution >= 0.6 is 35.0 Å². The topological polar surface area (TPSA) is 117 Å². The molecule has 0 radical (unpaired) electrons. The van der Waals surface area contributed by atoms with E-state index in [0.717, 1.165) is 0 Å². The first kappa shape index (κ1) is 29.1. The van der Waals surface area contributed by atoms with Crippen LogP contribution in [0, 0.1) is 0 Å². The van der Waals surface area contributed by atoms with Gasteiger partial charge in [-0.25, -0.2) is 0 Å². The summed E-state index contributed by atoms with van der Waals surface area (Å²) in [5, 5.41) is 15.4. The first-order valence-corrected chi connectivity index (χ1v) is 13.6. The van der Waals surface area contributed by atoms with Crippen LogP contribution in [-0.2, 0) is 16.1 Å². The zero-order valence-electron chi connectivity index (χ0n) is 21.5. The fourth-order valence-corrected chi connectivity index (χ4v) is 4.76.